The first-order valence-electron chi connectivity index (χ1n) is 14.5. The molecule has 3 unspecified atom stereocenters. The Morgan fingerprint density at radius 1 is 1.16 bits per heavy atom. The van der Waals surface area contributed by atoms with E-state index in [9.17, 15) is 23.5 Å². The maximum Gasteiger partial charge on any atom is 0.390 e. The largest absolute Gasteiger partial charge is 0.768 e. The van der Waals surface area contributed by atoms with Crippen LogP contribution in [0.15, 0.2) is 71.8 Å². The zero-order valence-corrected chi connectivity index (χ0v) is 26.3. The van der Waals surface area contributed by atoms with Gasteiger partial charge in [-0.05, 0) is 84.1 Å². The summed E-state index contributed by atoms with van der Waals surface area (Å²) < 4.78 is 29.8. The van der Waals surface area contributed by atoms with Crippen molar-refractivity contribution in [3.05, 3.63) is 94.8 Å². The van der Waals surface area contributed by atoms with E-state index in [4.69, 9.17) is 10.5 Å². The van der Waals surface area contributed by atoms with E-state index in [1.165, 1.54) is 30.5 Å². The molecule has 1 saturated carbocycles. The molecular formula is C33H35N5O6S. The fraction of sp³-hybridized carbons (Fsp3) is 0.303. The Balaban J connectivity index is 1.53. The molecule has 5 rings (SSSR count). The first-order valence-corrected chi connectivity index (χ1v) is 15.6. The second-order valence-corrected chi connectivity index (χ2v) is 12.7. The molecule has 2 aromatic heterocycles. The van der Waals surface area contributed by atoms with E-state index in [0.717, 1.165) is 16.7 Å². The summed E-state index contributed by atoms with van der Waals surface area (Å²) in [4.78, 5) is 38.9. The van der Waals surface area contributed by atoms with Gasteiger partial charge in [0.25, 0.3) is 11.8 Å². The molecule has 0 saturated heterocycles. The van der Waals surface area contributed by atoms with Gasteiger partial charge < -0.3 is 19.3 Å². The molecule has 12 heteroatoms. The maximum absolute atomic E-state index is 14.3. The minimum absolute atomic E-state index is 0.00401. The van der Waals surface area contributed by atoms with Crippen LogP contribution in [-0.2, 0) is 17.6 Å². The summed E-state index contributed by atoms with van der Waals surface area (Å²) in [5.74, 6) is -0.730. The van der Waals surface area contributed by atoms with Gasteiger partial charge in [-0.25, -0.2) is 14.8 Å². The fourth-order valence-corrected chi connectivity index (χ4v) is 6.40. The van der Waals surface area contributed by atoms with E-state index in [-0.39, 0.29) is 53.0 Å². The Morgan fingerprint density at radius 2 is 1.87 bits per heavy atom. The van der Waals surface area contributed by atoms with Crippen LogP contribution in [0.4, 0.5) is 5.95 Å². The van der Waals surface area contributed by atoms with Crippen LogP contribution in [0.3, 0.4) is 0 Å². The summed E-state index contributed by atoms with van der Waals surface area (Å²) in [7, 11) is 0. The number of hydrogen-bond acceptors (Lipinski definition) is 8. The number of carbonyl (C=O) groups excluding carboxylic acids is 1. The van der Waals surface area contributed by atoms with E-state index in [1.807, 2.05) is 32.0 Å². The van der Waals surface area contributed by atoms with Crippen molar-refractivity contribution in [1.82, 2.24) is 14.9 Å². The number of carboxylic acid groups (broad SMARTS) is 1. The number of nitrogens with two attached hydrogens (primary N) is 1. The Kier molecular flexibility index (Phi) is 8.98. The van der Waals surface area contributed by atoms with E-state index >= 15 is 0 Å². The molecule has 1 fully saturated rings. The molecule has 0 aliphatic heterocycles. The van der Waals surface area contributed by atoms with Crippen LogP contribution in [0.2, 0.25) is 0 Å². The van der Waals surface area contributed by atoms with Crippen molar-refractivity contribution < 1.29 is 33.2 Å². The summed E-state index contributed by atoms with van der Waals surface area (Å²) >= 11 is -2.52. The Morgan fingerprint density at radius 3 is 2.47 bits per heavy atom. The molecule has 1 amide bonds. The highest BCUT2D eigenvalue weighted by Gasteiger charge is 2.61. The van der Waals surface area contributed by atoms with Crippen LogP contribution in [0, 0.1) is 25.7 Å². The molecule has 2 heterocycles. The summed E-state index contributed by atoms with van der Waals surface area (Å²) in [6, 6.07) is 16.7. The van der Waals surface area contributed by atoms with Gasteiger partial charge in [-0.3, -0.25) is 14.7 Å². The molecule has 0 spiro atoms. The number of nitrogens with one attached hydrogen (secondary N) is 1. The number of amides is 1. The summed E-state index contributed by atoms with van der Waals surface area (Å²) in [5, 5.41) is 9.31. The average molecular weight is 630 g/mol. The van der Waals surface area contributed by atoms with Crippen LogP contribution in [0.5, 0.6) is 5.88 Å². The van der Waals surface area contributed by atoms with Gasteiger partial charge in [0, 0.05) is 28.8 Å². The zero-order chi connectivity index (χ0) is 32.5. The third-order valence-electron chi connectivity index (χ3n) is 8.32. The normalized spacial score (nSPS) is 18.0. The standard InChI is InChI=1S/C33H35N5O6S/c1-19(2)25-15-33(25,18-44-28-14-27(36-32(34)37-28)29-20(3)7-5-8-21(29)4)38(17-22-11-12-26(31(40)41)35-16-22)30(39)23-9-6-10-24(13-23)45(42)43/h5-14,16,19,25H,15,17-18H2,1-4H3,(H,40,41)(H,42,43)(H2,34,36,37). The number of rotatable bonds is 11. The number of nitrogens with zero attached hydrogens (tertiary/aromatic N) is 3. The van der Waals surface area contributed by atoms with Crippen molar-refractivity contribution in [3.63, 3.8) is 0 Å². The number of anilines is 1. The number of pyridine rings is 1. The van der Waals surface area contributed by atoms with E-state index < -0.39 is 22.6 Å². The van der Waals surface area contributed by atoms with Crippen molar-refractivity contribution >= 4 is 28.9 Å². The number of aromatic carboxylic acids is 1. The van der Waals surface area contributed by atoms with Crippen LogP contribution in [-0.4, -0.2) is 52.8 Å². The Bertz CT molecular complexity index is 1760. The molecule has 1 aliphatic rings. The molecule has 4 N–H and O–H groups in total. The number of hydrogen-bond donors (Lipinski definition) is 2. The number of benzene rings is 2. The molecule has 3 atom stereocenters. The van der Waals surface area contributed by atoms with Crippen LogP contribution in [0.1, 0.15) is 57.8 Å². The van der Waals surface area contributed by atoms with Crippen molar-refractivity contribution in [3.8, 4) is 17.1 Å². The molecule has 0 bridgehead atoms. The lowest BCUT2D eigenvalue weighted by Gasteiger charge is -2.34. The Hall–Kier alpha value is -4.68. The van der Waals surface area contributed by atoms with Gasteiger partial charge in [-0.1, -0.05) is 49.2 Å². The second kappa shape index (κ2) is 12.7. The quantitative estimate of drug-likeness (QED) is 0.230. The lowest BCUT2D eigenvalue weighted by molar-refractivity contribution is -0.382. The molecule has 2 aromatic carbocycles. The van der Waals surface area contributed by atoms with Gasteiger partial charge in [-0.15, -0.1) is 0 Å². The summed E-state index contributed by atoms with van der Waals surface area (Å²) in [5.41, 5.74) is 9.80. The third-order valence-corrected chi connectivity index (χ3v) is 8.96. The molecule has 11 nitrogen and oxygen atoms in total. The smallest absolute Gasteiger partial charge is 0.390 e. The number of aromatic amines is 1. The van der Waals surface area contributed by atoms with Gasteiger partial charge in [-0.2, -0.15) is 0 Å². The minimum atomic E-state index is -2.52. The lowest BCUT2D eigenvalue weighted by atomic mass is 10.00. The van der Waals surface area contributed by atoms with Crippen LogP contribution in [0.25, 0.3) is 11.3 Å². The van der Waals surface area contributed by atoms with Crippen molar-refractivity contribution in [2.45, 2.75) is 51.1 Å². The number of aromatic nitrogens is 3. The molecule has 234 valence electrons. The summed E-state index contributed by atoms with van der Waals surface area (Å²) in [6.45, 7) is 8.37. The molecule has 4 aromatic rings. The van der Waals surface area contributed by atoms with Gasteiger partial charge >= 0.3 is 11.9 Å². The van der Waals surface area contributed by atoms with E-state index in [1.54, 1.807) is 23.1 Å². The minimum Gasteiger partial charge on any atom is -0.768 e. The van der Waals surface area contributed by atoms with Crippen molar-refractivity contribution in [2.24, 2.45) is 11.8 Å². The number of carboxylic acids is 1. The number of ether oxygens (including phenoxy) is 1. The highest BCUT2D eigenvalue weighted by Crippen LogP contribution is 2.54. The SMILES string of the molecule is Cc1cccc(C)c1-c1cc(OCC2(N(Cc3ccc(C(=O)O)nc3)C(=O)c3cccc(S(=O)[O-])c3)CC2C(C)C)[nH+]c(N)n1. The van der Waals surface area contributed by atoms with Gasteiger partial charge in [0.1, 0.15) is 12.3 Å². The number of aryl methyl sites for hydroxylation is 2. The van der Waals surface area contributed by atoms with Crippen molar-refractivity contribution in [1.29, 1.82) is 0 Å². The predicted molar refractivity (Wildman–Crippen MR) is 166 cm³/mol. The summed E-state index contributed by atoms with van der Waals surface area (Å²) in [6.07, 6.45) is 2.07. The fourth-order valence-electron chi connectivity index (χ4n) is 5.98. The third kappa shape index (κ3) is 6.71. The van der Waals surface area contributed by atoms with E-state index in [2.05, 4.69) is 28.8 Å². The second-order valence-electron chi connectivity index (χ2n) is 11.7. The first-order chi connectivity index (χ1) is 21.4. The van der Waals surface area contributed by atoms with Gasteiger partial charge in [0.2, 0.25) is 0 Å². The van der Waals surface area contributed by atoms with E-state index in [0.29, 0.717) is 23.6 Å². The van der Waals surface area contributed by atoms with Crippen LogP contribution < -0.4 is 15.5 Å². The Labute approximate surface area is 263 Å². The lowest BCUT2D eigenvalue weighted by Crippen LogP contribution is -2.47. The highest BCUT2D eigenvalue weighted by atomic mass is 32.2. The number of nitrogen functional groups attached to an aromatic ring is 1. The molecular weight excluding hydrogens is 594 g/mol. The average Bonchev–Trinajstić information content (AvgIpc) is 3.74. The van der Waals surface area contributed by atoms with Crippen molar-refractivity contribution in [2.75, 3.05) is 12.3 Å². The molecule has 0 radical (unpaired) electrons. The first kappa shape index (κ1) is 31.7. The predicted octanol–water partition coefficient (Wildman–Crippen LogP) is 4.23. The maximum atomic E-state index is 14.3. The number of carbonyl (C=O) groups is 2. The highest BCUT2D eigenvalue weighted by molar-refractivity contribution is 7.79. The topological polar surface area (TPSA) is 173 Å². The monoisotopic (exact) mass is 629 g/mol. The number of H-pyrrole nitrogens is 1. The van der Waals surface area contributed by atoms with Gasteiger partial charge in [0.05, 0.1) is 11.6 Å². The van der Waals surface area contributed by atoms with Gasteiger partial charge in [0.15, 0.2) is 5.69 Å². The zero-order valence-electron chi connectivity index (χ0n) is 25.4. The van der Waals surface area contributed by atoms with Crippen LogP contribution >= 0.6 is 0 Å². The molecule has 45 heavy (non-hydrogen) atoms. The molecule has 1 aliphatic carbocycles.